The first-order chi connectivity index (χ1) is 71.4. The van der Waals surface area contributed by atoms with Crippen molar-refractivity contribution in [2.75, 3.05) is 0 Å². The monoisotopic (exact) mass is 1850 g/mol. The minimum absolute atomic E-state index is 0.390. The van der Waals surface area contributed by atoms with E-state index in [1.54, 1.807) is 0 Å². The molecule has 13 nitrogen and oxygen atoms in total. The van der Waals surface area contributed by atoms with Gasteiger partial charge in [0.05, 0.1) is 28.5 Å². The Bertz CT molecular complexity index is 9440. The second-order valence-electron chi connectivity index (χ2n) is 38.4. The molecule has 680 valence electrons. The van der Waals surface area contributed by atoms with E-state index in [0.717, 1.165) is 105 Å². The van der Waals surface area contributed by atoms with Gasteiger partial charge in [-0.1, -0.05) is 303 Å². The quantitative estimate of drug-likeness (QED) is 0.0868. The first-order valence-electron chi connectivity index (χ1n) is 49.6. The average Bonchev–Trinajstić information content (AvgIpc) is 1.49. The molecule has 33 rings (SSSR count). The van der Waals surface area contributed by atoms with Gasteiger partial charge in [0.1, 0.15) is 5.82 Å². The molecule has 0 fully saturated rings. The number of fused-ring (bicyclic) bond motifs is 21. The first kappa shape index (κ1) is 83.6. The van der Waals surface area contributed by atoms with Crippen LogP contribution in [-0.2, 0) is 25.7 Å². The lowest BCUT2D eigenvalue weighted by molar-refractivity contribution is 0.623. The molecule has 19 aromatic rings. The zero-order chi connectivity index (χ0) is 94.8. The highest BCUT2D eigenvalue weighted by atomic mass is 15.0. The second-order valence-corrected chi connectivity index (χ2v) is 38.4. The van der Waals surface area contributed by atoms with E-state index in [4.69, 9.17) is 9.98 Å². The van der Waals surface area contributed by atoms with Crippen LogP contribution in [-0.4, -0.2) is 73.0 Å². The largest absolute Gasteiger partial charge is 0.361 e. The maximum absolute atomic E-state index is 4.90. The molecule has 0 amide bonds. The summed E-state index contributed by atoms with van der Waals surface area (Å²) in [5.41, 5.74) is 38.8. The van der Waals surface area contributed by atoms with Gasteiger partial charge in [-0.05, 0) is 197 Å². The third-order valence-electron chi connectivity index (χ3n) is 30.4. The van der Waals surface area contributed by atoms with Gasteiger partial charge in [-0.3, -0.25) is 25.0 Å². The number of rotatable bonds is 6. The highest BCUT2D eigenvalue weighted by Gasteiger charge is 2.45. The fraction of sp³-hybridized carbons (Fsp3) is 0.0611. The molecule has 6 aliphatic heterocycles. The molecule has 8 aliphatic carbocycles. The second kappa shape index (κ2) is 34.8. The highest BCUT2D eigenvalue weighted by molar-refractivity contribution is 6.22. The lowest BCUT2D eigenvalue weighted by Crippen LogP contribution is -2.17. The summed E-state index contributed by atoms with van der Waals surface area (Å²) in [6.07, 6.45) is 75.4. The van der Waals surface area contributed by atoms with Gasteiger partial charge in [0.2, 0.25) is 0 Å². The van der Waals surface area contributed by atoms with E-state index in [1.165, 1.54) is 198 Å². The Labute approximate surface area is 830 Å². The predicted octanol–water partition coefficient (Wildman–Crippen LogP) is 29.9. The van der Waals surface area contributed by atoms with Gasteiger partial charge in [0.15, 0.2) is 5.84 Å². The molecule has 6 N–H and O–H groups in total. The number of aliphatic imine (C=N–C) groups is 7. The molecule has 4 atom stereocenters. The van der Waals surface area contributed by atoms with Gasteiger partial charge in [-0.25, -0.2) is 9.98 Å². The van der Waals surface area contributed by atoms with E-state index < -0.39 is 0 Å². The number of aromatic nitrogens is 6. The first-order valence-corrected chi connectivity index (χ1v) is 49.6. The van der Waals surface area contributed by atoms with Crippen LogP contribution in [0.5, 0.6) is 0 Å². The molecule has 6 aromatic heterocycles. The normalized spacial score (nSPS) is 19.2. The molecule has 144 heavy (non-hydrogen) atoms. The van der Waals surface area contributed by atoms with Crippen LogP contribution in [0.25, 0.3) is 150 Å². The molecule has 0 saturated heterocycles. The number of aromatic amines is 6. The van der Waals surface area contributed by atoms with Crippen LogP contribution < -0.4 is 5.22 Å². The molecule has 14 aliphatic rings. The number of nitrogens with zero attached hydrogens (tertiary/aromatic N) is 7. The minimum atomic E-state index is 0.390. The Kier molecular flexibility index (Phi) is 20.2. The summed E-state index contributed by atoms with van der Waals surface area (Å²) < 4.78 is 0. The van der Waals surface area contributed by atoms with Gasteiger partial charge in [0.25, 0.3) is 0 Å². The molecule has 0 saturated carbocycles. The van der Waals surface area contributed by atoms with Gasteiger partial charge in [-0.15, -0.1) is 0 Å². The van der Waals surface area contributed by atoms with Crippen LogP contribution >= 0.6 is 0 Å². The van der Waals surface area contributed by atoms with E-state index in [0.29, 0.717) is 23.7 Å². The summed E-state index contributed by atoms with van der Waals surface area (Å²) in [6.45, 7) is 0. The SMILES string of the molecule is C1=CC2=CC=CC3C4=C(C=N/C4=C\c4[nH]cc5c4C4C=CC=C6C=CC=C5C64)C(=C1)C23.C1=CCc2c(ccc3c2/C(=C/c2[nH]cc4ccc5c(c24)CC=CC5)N=C3)C1.C1=N/C(=C\c2[nH]cc3cc4ccccc4cc23)c2cc3ccccc3cc21.C1=N/C(=C\c2[nH]cc3ccccc23)c2ccccc21.C1=NC(=Nc2[nH]cc3ccccc23)c2ccccc21.C1=Nc2c(-c3ccc[nH]3)c3cccc4cccc(c2=C1)c43. The number of allylic oxidation sites excluding steroid dienone is 22. The molecule has 13 heteroatoms. The van der Waals surface area contributed by atoms with Crippen LogP contribution in [0.3, 0.4) is 0 Å². The van der Waals surface area contributed by atoms with Gasteiger partial charge < -0.3 is 29.9 Å². The Morgan fingerprint density at radius 1 is 0.326 bits per heavy atom. The van der Waals surface area contributed by atoms with Crippen molar-refractivity contribution >= 4 is 194 Å². The summed E-state index contributed by atoms with van der Waals surface area (Å²) >= 11 is 0. The third kappa shape index (κ3) is 14.4. The Morgan fingerprint density at radius 3 is 1.71 bits per heavy atom. The molecule has 0 radical (unpaired) electrons. The van der Waals surface area contributed by atoms with Crippen molar-refractivity contribution in [1.29, 1.82) is 0 Å². The van der Waals surface area contributed by atoms with Crippen LogP contribution in [0, 0.1) is 17.8 Å². The maximum Gasteiger partial charge on any atom is 0.162 e. The molecule has 12 heterocycles. The topological polar surface area (TPSA) is 181 Å². The zero-order valence-electron chi connectivity index (χ0n) is 78.4. The smallest absolute Gasteiger partial charge is 0.162 e. The van der Waals surface area contributed by atoms with Crippen LogP contribution in [0.2, 0.25) is 0 Å². The minimum Gasteiger partial charge on any atom is -0.361 e. The Balaban J connectivity index is 0.0000000848. The van der Waals surface area contributed by atoms with Gasteiger partial charge in [0, 0.05) is 231 Å². The van der Waals surface area contributed by atoms with Crippen molar-refractivity contribution in [3.05, 3.63) is 516 Å². The number of hydrogen-bond donors (Lipinski definition) is 6. The summed E-state index contributed by atoms with van der Waals surface area (Å²) in [4.78, 5) is 52.9. The summed E-state index contributed by atoms with van der Waals surface area (Å²) in [7, 11) is 0. The van der Waals surface area contributed by atoms with Crippen molar-refractivity contribution in [2.45, 2.75) is 31.6 Å². The van der Waals surface area contributed by atoms with Crippen LogP contribution in [0.1, 0.15) is 107 Å². The summed E-state index contributed by atoms with van der Waals surface area (Å²) in [5, 5.41) is 21.2. The fourth-order valence-corrected chi connectivity index (χ4v) is 23.7. The molecule has 0 bridgehead atoms. The van der Waals surface area contributed by atoms with E-state index in [1.807, 2.05) is 104 Å². The Hall–Kier alpha value is -18.6. The lowest BCUT2D eigenvalue weighted by Gasteiger charge is -2.27. The standard InChI is InChI=1S/C29H20N2.C25H16N2.C25H20N2.C19H12N2.C17H12N2.C16H11N3/c1-5-16-7-3-11-20-26(16)18(9-1)22-14-30-24(28(20)22)13-25-29-21-12-4-8-17-6-2-10-19(27(17)21)23(29)15-31-25;1-3-7-18-11-22-20(9-16(18)5-1)14-26-24(22)13-25-23-12-19-8-4-2-6-17(19)10-21(23)15-27-25;1-3-7-20-16(5-1)9-11-18-14-26-22(24(18)20)13-23-25-19(15-27-23)12-10-17-6-2-4-8-21(17)25;1-4-12-5-2-7-15-17(12)13(6-1)14-9-11-21-19(14)18(15)16-8-3-10-20-16;1-3-7-14-12(5-1)10-18-16(14)9-17-15-8-4-2-6-13(15)11-19-17;1-3-7-13-11(5-1)9-17-15(13)19-16-14-8-4-2-6-12(14)10-18-16/h1-15,20-21,26-27,30H;1-15,26H;1-4,9-15,26H,5-8H2;1-11,20H;1-11,18H;1-10,17H/b2*25-13-;23-13-;;17-9-;. The number of amidine groups is 1. The van der Waals surface area contributed by atoms with Crippen LogP contribution in [0.4, 0.5) is 11.5 Å². The van der Waals surface area contributed by atoms with Gasteiger partial charge >= 0.3 is 0 Å². The average molecular weight is 1850 g/mol. The highest BCUT2D eigenvalue weighted by Crippen LogP contribution is 2.57. The maximum atomic E-state index is 4.90. The molecule has 0 spiro atoms. The van der Waals surface area contributed by atoms with E-state index in [-0.39, 0.29) is 0 Å². The number of hydrogen-bond acceptors (Lipinski definition) is 6. The van der Waals surface area contributed by atoms with Crippen LogP contribution in [0.15, 0.2) is 446 Å². The predicted molar refractivity (Wildman–Crippen MR) is 603 cm³/mol. The number of benzene rings is 13. The third-order valence-corrected chi connectivity index (χ3v) is 30.4. The molecular weight excluding hydrogens is 1760 g/mol. The fourth-order valence-electron chi connectivity index (χ4n) is 23.7. The van der Waals surface area contributed by atoms with Crippen molar-refractivity contribution in [1.82, 2.24) is 29.9 Å². The zero-order valence-corrected chi connectivity index (χ0v) is 78.4. The number of H-pyrrole nitrogens is 6. The van der Waals surface area contributed by atoms with Gasteiger partial charge in [-0.2, -0.15) is 0 Å². The summed E-state index contributed by atoms with van der Waals surface area (Å²) in [6, 6.07) is 85.0. The molecule has 4 unspecified atom stereocenters. The van der Waals surface area contributed by atoms with Crippen molar-refractivity contribution in [3.8, 4) is 11.3 Å². The Morgan fingerprint density at radius 2 is 0.903 bits per heavy atom. The molecule has 13 aromatic carbocycles. The lowest BCUT2D eigenvalue weighted by atomic mass is 9.77. The van der Waals surface area contributed by atoms with Crippen molar-refractivity contribution in [3.63, 3.8) is 0 Å². The van der Waals surface area contributed by atoms with Crippen molar-refractivity contribution in [2.24, 2.45) is 52.7 Å². The summed E-state index contributed by atoms with van der Waals surface area (Å²) in [5.74, 6) is 3.35. The van der Waals surface area contributed by atoms with Crippen molar-refractivity contribution < 1.29 is 0 Å². The van der Waals surface area contributed by atoms with E-state index in [9.17, 15) is 0 Å². The van der Waals surface area contributed by atoms with E-state index in [2.05, 4.69) is 395 Å². The number of nitrogens with one attached hydrogen (secondary N) is 6. The van der Waals surface area contributed by atoms with E-state index >= 15 is 0 Å². The molecular formula is C131H91N13.